The Balaban J connectivity index is 0.00000162. The van der Waals surface area contributed by atoms with Crippen LogP contribution in [-0.2, 0) is 37.3 Å². The van der Waals surface area contributed by atoms with Gasteiger partial charge in [-0.05, 0) is 12.1 Å². The molecule has 3 N–H and O–H groups in total. The molecule has 1 heterocycles. The summed E-state index contributed by atoms with van der Waals surface area (Å²) in [6.45, 7) is 1.22. The number of anilines is 1. The second-order valence-corrected chi connectivity index (χ2v) is 4.65. The molecule has 1 aromatic heterocycles. The van der Waals surface area contributed by atoms with Gasteiger partial charge in [-0.15, -0.1) is 0 Å². The predicted octanol–water partition coefficient (Wildman–Crippen LogP) is 0.160. The van der Waals surface area contributed by atoms with Gasteiger partial charge in [0.2, 0.25) is 5.91 Å². The van der Waals surface area contributed by atoms with Crippen LogP contribution in [0.15, 0.2) is 17.0 Å². The standard InChI is InChI=1S/C8H8N4O4S.Ag/c1-4(13)9-6-3-2-5-7(11-12-10-5)8(6)17(14,15)16;/h2-3H,1H3,(H,9,13)(H,10,11,12)(H,14,15,16);/q;+1. The smallest absolute Gasteiger partial charge is 0.325 e. The number of fused-ring (bicyclic) bond motifs is 1. The van der Waals surface area contributed by atoms with E-state index in [-0.39, 0.29) is 39.1 Å². The van der Waals surface area contributed by atoms with Crippen LogP contribution in [0, 0.1) is 0 Å². The maximum Gasteiger partial charge on any atom is 1.00 e. The Bertz CT molecular complexity index is 696. The average molecular weight is 364 g/mol. The summed E-state index contributed by atoms with van der Waals surface area (Å²) >= 11 is 0. The molecule has 0 saturated heterocycles. The minimum atomic E-state index is -4.51. The van der Waals surface area contributed by atoms with Crippen molar-refractivity contribution in [1.29, 1.82) is 0 Å². The molecular weight excluding hydrogens is 356 g/mol. The second-order valence-electron chi connectivity index (χ2n) is 3.29. The van der Waals surface area contributed by atoms with Gasteiger partial charge >= 0.3 is 22.4 Å². The third kappa shape index (κ3) is 2.76. The number of carbonyl (C=O) groups is 1. The Morgan fingerprint density at radius 2 is 2.06 bits per heavy atom. The van der Waals surface area contributed by atoms with Crippen LogP contribution in [0.5, 0.6) is 0 Å². The number of nitrogens with one attached hydrogen (secondary N) is 2. The Kier molecular flexibility index (Phi) is 4.24. The minimum Gasteiger partial charge on any atom is -0.325 e. The van der Waals surface area contributed by atoms with Crippen molar-refractivity contribution >= 4 is 32.7 Å². The molecule has 0 saturated carbocycles. The van der Waals surface area contributed by atoms with Gasteiger partial charge in [0, 0.05) is 6.92 Å². The third-order valence-electron chi connectivity index (χ3n) is 2.01. The summed E-state index contributed by atoms with van der Waals surface area (Å²) in [5, 5.41) is 11.9. The van der Waals surface area contributed by atoms with Gasteiger partial charge in [-0.2, -0.15) is 23.8 Å². The van der Waals surface area contributed by atoms with E-state index >= 15 is 0 Å². The molecule has 1 aromatic carbocycles. The summed E-state index contributed by atoms with van der Waals surface area (Å²) in [6.07, 6.45) is 0. The molecular formula is C8H8AgN4O4S+. The van der Waals surface area contributed by atoms with E-state index in [9.17, 15) is 13.2 Å². The molecule has 2 rings (SSSR count). The number of nitrogens with zero attached hydrogens (tertiary/aromatic N) is 2. The van der Waals surface area contributed by atoms with Crippen molar-refractivity contribution < 1.29 is 40.1 Å². The second kappa shape index (κ2) is 5.16. The summed E-state index contributed by atoms with van der Waals surface area (Å²) in [4.78, 5) is 10.5. The molecule has 0 aliphatic rings. The minimum absolute atomic E-state index is 0. The largest absolute Gasteiger partial charge is 1.00 e. The zero-order chi connectivity index (χ0) is 12.6. The maximum atomic E-state index is 11.3. The summed E-state index contributed by atoms with van der Waals surface area (Å²) in [5.74, 6) is -0.460. The van der Waals surface area contributed by atoms with Crippen LogP contribution in [0.3, 0.4) is 0 Å². The Hall–Kier alpha value is -1.26. The Morgan fingerprint density at radius 1 is 1.39 bits per heavy atom. The molecule has 0 aliphatic carbocycles. The number of hydrogen-bond donors (Lipinski definition) is 3. The average Bonchev–Trinajstić information content (AvgIpc) is 2.61. The zero-order valence-corrected chi connectivity index (χ0v) is 11.2. The summed E-state index contributed by atoms with van der Waals surface area (Å²) < 4.78 is 31.7. The summed E-state index contributed by atoms with van der Waals surface area (Å²) in [7, 11) is -4.51. The van der Waals surface area contributed by atoms with Gasteiger partial charge < -0.3 is 5.32 Å². The molecule has 10 heteroatoms. The molecule has 0 atom stereocenters. The molecule has 0 radical (unpaired) electrons. The summed E-state index contributed by atoms with van der Waals surface area (Å²) in [6, 6.07) is 2.80. The number of hydrogen-bond acceptors (Lipinski definition) is 5. The van der Waals surface area contributed by atoms with Gasteiger partial charge in [-0.25, -0.2) is 0 Å². The van der Waals surface area contributed by atoms with Crippen LogP contribution in [0.2, 0.25) is 0 Å². The van der Waals surface area contributed by atoms with Gasteiger partial charge in [0.25, 0.3) is 10.1 Å². The van der Waals surface area contributed by atoms with Gasteiger partial charge in [0.1, 0.15) is 15.9 Å². The van der Waals surface area contributed by atoms with E-state index in [1.807, 2.05) is 0 Å². The molecule has 1 amide bonds. The monoisotopic (exact) mass is 363 g/mol. The van der Waals surface area contributed by atoms with Crippen LogP contribution < -0.4 is 5.32 Å². The van der Waals surface area contributed by atoms with Crippen LogP contribution in [0.4, 0.5) is 5.69 Å². The molecule has 0 bridgehead atoms. The van der Waals surface area contributed by atoms with Crippen molar-refractivity contribution in [2.45, 2.75) is 11.8 Å². The first-order valence-electron chi connectivity index (χ1n) is 4.48. The van der Waals surface area contributed by atoms with E-state index in [2.05, 4.69) is 20.7 Å². The third-order valence-corrected chi connectivity index (χ3v) is 2.94. The zero-order valence-electron chi connectivity index (χ0n) is 8.93. The Labute approximate surface area is 117 Å². The van der Waals surface area contributed by atoms with Gasteiger partial charge in [-0.3, -0.25) is 9.35 Å². The van der Waals surface area contributed by atoms with Gasteiger partial charge in [0.05, 0.1) is 5.69 Å². The fourth-order valence-electron chi connectivity index (χ4n) is 1.44. The Morgan fingerprint density at radius 3 is 2.61 bits per heavy atom. The molecule has 0 aliphatic heterocycles. The first-order chi connectivity index (χ1) is 7.89. The number of carbonyl (C=O) groups excluding carboxylic acids is 1. The number of amides is 1. The molecule has 8 nitrogen and oxygen atoms in total. The van der Waals surface area contributed by atoms with E-state index in [0.29, 0.717) is 0 Å². The van der Waals surface area contributed by atoms with E-state index in [0.717, 1.165) is 0 Å². The molecule has 100 valence electrons. The quantitative estimate of drug-likeness (QED) is 0.515. The van der Waals surface area contributed by atoms with Crippen LogP contribution in [0.1, 0.15) is 6.92 Å². The topological polar surface area (TPSA) is 125 Å². The number of H-pyrrole nitrogens is 1. The maximum absolute atomic E-state index is 11.3. The number of benzene rings is 1. The number of aromatic nitrogens is 3. The molecule has 0 unspecified atom stereocenters. The van der Waals surface area contributed by atoms with Gasteiger partial charge in [-0.1, -0.05) is 0 Å². The number of aromatic amines is 1. The first-order valence-corrected chi connectivity index (χ1v) is 5.92. The van der Waals surface area contributed by atoms with Crippen molar-refractivity contribution in [2.24, 2.45) is 0 Å². The molecule has 0 fully saturated rings. The van der Waals surface area contributed by atoms with Crippen LogP contribution in [-0.4, -0.2) is 34.3 Å². The molecule has 18 heavy (non-hydrogen) atoms. The van der Waals surface area contributed by atoms with E-state index in [1.165, 1.54) is 19.1 Å². The van der Waals surface area contributed by atoms with Crippen molar-refractivity contribution in [3.05, 3.63) is 12.1 Å². The molecule has 0 spiro atoms. The van der Waals surface area contributed by atoms with Crippen molar-refractivity contribution in [3.8, 4) is 0 Å². The van der Waals surface area contributed by atoms with Crippen LogP contribution >= 0.6 is 0 Å². The molecule has 2 aromatic rings. The SMILES string of the molecule is CC(=O)Nc1ccc2n[nH]nc2c1S(=O)(=O)O.[Ag+]. The summed E-state index contributed by atoms with van der Waals surface area (Å²) in [5.41, 5.74) is 0.201. The first kappa shape index (κ1) is 14.8. The number of rotatable bonds is 2. The fourth-order valence-corrected chi connectivity index (χ4v) is 2.23. The van der Waals surface area contributed by atoms with Gasteiger partial charge in [0.15, 0.2) is 0 Å². The van der Waals surface area contributed by atoms with E-state index in [4.69, 9.17) is 4.55 Å². The van der Waals surface area contributed by atoms with E-state index < -0.39 is 20.9 Å². The van der Waals surface area contributed by atoms with Crippen molar-refractivity contribution in [1.82, 2.24) is 15.4 Å². The van der Waals surface area contributed by atoms with E-state index in [1.54, 1.807) is 0 Å². The van der Waals surface area contributed by atoms with Crippen LogP contribution in [0.25, 0.3) is 11.0 Å². The van der Waals surface area contributed by atoms with Crippen molar-refractivity contribution in [3.63, 3.8) is 0 Å². The fraction of sp³-hybridized carbons (Fsp3) is 0.125. The predicted molar refractivity (Wildman–Crippen MR) is 58.0 cm³/mol. The normalized spacial score (nSPS) is 11.0. The van der Waals surface area contributed by atoms with Crippen molar-refractivity contribution in [2.75, 3.05) is 5.32 Å².